The lowest BCUT2D eigenvalue weighted by Crippen LogP contribution is -2.19. The Bertz CT molecular complexity index is 479. The molecule has 2 aromatic rings. The molecule has 0 aliphatic heterocycles. The zero-order valence-electron chi connectivity index (χ0n) is 9.76. The Kier molecular flexibility index (Phi) is 3.71. The molecule has 0 unspecified atom stereocenters. The summed E-state index contributed by atoms with van der Waals surface area (Å²) < 4.78 is 0. The fraction of sp³-hybridized carbons (Fsp3) is 0.364. The van der Waals surface area contributed by atoms with Gasteiger partial charge in [-0.25, -0.2) is 0 Å². The predicted octanol–water partition coefficient (Wildman–Crippen LogP) is 1.71. The van der Waals surface area contributed by atoms with Crippen LogP contribution in [0, 0.1) is 0 Å². The number of benzene rings is 1. The molecule has 0 aliphatic carbocycles. The van der Waals surface area contributed by atoms with Gasteiger partial charge in [-0.2, -0.15) is 4.80 Å². The first-order valence-electron chi connectivity index (χ1n) is 5.37. The second-order valence-electron chi connectivity index (χ2n) is 3.85. The second kappa shape index (κ2) is 5.25. The average Bonchev–Trinajstić information content (AvgIpc) is 2.73. The summed E-state index contributed by atoms with van der Waals surface area (Å²) in [7, 11) is 1.75. The number of halogens is 1. The van der Waals surface area contributed by atoms with E-state index in [-0.39, 0.29) is 6.04 Å². The van der Waals surface area contributed by atoms with Crippen molar-refractivity contribution in [1.82, 2.24) is 25.5 Å². The molecule has 90 valence electrons. The number of hydrogen-bond acceptors (Lipinski definition) is 4. The molecule has 6 heteroatoms. The van der Waals surface area contributed by atoms with E-state index in [1.807, 2.05) is 24.3 Å². The summed E-state index contributed by atoms with van der Waals surface area (Å²) in [4.78, 5) is 1.45. The molecule has 1 atom stereocenters. The Morgan fingerprint density at radius 1 is 1.35 bits per heavy atom. The fourth-order valence-corrected chi connectivity index (χ4v) is 1.63. The highest BCUT2D eigenvalue weighted by Crippen LogP contribution is 2.16. The zero-order chi connectivity index (χ0) is 12.3. The van der Waals surface area contributed by atoms with Crippen molar-refractivity contribution in [2.75, 3.05) is 0 Å². The molecule has 0 bridgehead atoms. The number of tetrazole rings is 1. The van der Waals surface area contributed by atoms with Crippen molar-refractivity contribution >= 4 is 11.6 Å². The lowest BCUT2D eigenvalue weighted by atomic mass is 10.1. The molecule has 5 nitrogen and oxygen atoms in total. The van der Waals surface area contributed by atoms with E-state index in [0.29, 0.717) is 12.4 Å². The summed E-state index contributed by atoms with van der Waals surface area (Å²) >= 11 is 5.84. The normalized spacial score (nSPS) is 12.6. The highest BCUT2D eigenvalue weighted by molar-refractivity contribution is 6.30. The van der Waals surface area contributed by atoms with Gasteiger partial charge in [0.25, 0.3) is 0 Å². The van der Waals surface area contributed by atoms with E-state index in [9.17, 15) is 0 Å². The maximum Gasteiger partial charge on any atom is 0.188 e. The van der Waals surface area contributed by atoms with Gasteiger partial charge in [0.05, 0.1) is 13.6 Å². The largest absolute Gasteiger partial charge is 0.303 e. The summed E-state index contributed by atoms with van der Waals surface area (Å²) in [5, 5.41) is 15.9. The molecule has 17 heavy (non-hydrogen) atoms. The molecule has 1 heterocycles. The molecule has 0 radical (unpaired) electrons. The molecule has 0 aliphatic rings. The third kappa shape index (κ3) is 3.25. The SMILES string of the molecule is C[C@H](NCc1nnn(C)n1)c1ccc(Cl)cc1. The second-order valence-corrected chi connectivity index (χ2v) is 4.29. The van der Waals surface area contributed by atoms with Crippen LogP contribution in [0.1, 0.15) is 24.4 Å². The van der Waals surface area contributed by atoms with Gasteiger partial charge in [0.1, 0.15) is 0 Å². The van der Waals surface area contributed by atoms with Crippen LogP contribution in [-0.2, 0) is 13.6 Å². The minimum absolute atomic E-state index is 0.219. The number of rotatable bonds is 4. The number of hydrogen-bond donors (Lipinski definition) is 1. The van der Waals surface area contributed by atoms with Crippen LogP contribution >= 0.6 is 11.6 Å². The molecular weight excluding hydrogens is 238 g/mol. The van der Waals surface area contributed by atoms with Gasteiger partial charge >= 0.3 is 0 Å². The van der Waals surface area contributed by atoms with Gasteiger partial charge in [-0.05, 0) is 29.8 Å². The van der Waals surface area contributed by atoms with Crippen molar-refractivity contribution < 1.29 is 0 Å². The monoisotopic (exact) mass is 251 g/mol. The lowest BCUT2D eigenvalue weighted by molar-refractivity contribution is 0.555. The Morgan fingerprint density at radius 2 is 2.06 bits per heavy atom. The zero-order valence-corrected chi connectivity index (χ0v) is 10.5. The first kappa shape index (κ1) is 12.0. The van der Waals surface area contributed by atoms with Crippen molar-refractivity contribution in [3.63, 3.8) is 0 Å². The minimum Gasteiger partial charge on any atom is -0.303 e. The van der Waals surface area contributed by atoms with Crippen LogP contribution in [0.25, 0.3) is 0 Å². The van der Waals surface area contributed by atoms with Crippen LogP contribution in [0.15, 0.2) is 24.3 Å². The third-order valence-corrected chi connectivity index (χ3v) is 2.74. The van der Waals surface area contributed by atoms with E-state index in [1.54, 1.807) is 7.05 Å². The van der Waals surface area contributed by atoms with Crippen LogP contribution in [0.4, 0.5) is 0 Å². The quantitative estimate of drug-likeness (QED) is 0.899. The summed E-state index contributed by atoms with van der Waals surface area (Å²) in [6, 6.07) is 8.00. The lowest BCUT2D eigenvalue weighted by Gasteiger charge is -2.12. The van der Waals surface area contributed by atoms with Crippen molar-refractivity contribution in [3.8, 4) is 0 Å². The smallest absolute Gasteiger partial charge is 0.188 e. The number of nitrogens with zero attached hydrogens (tertiary/aromatic N) is 4. The average molecular weight is 252 g/mol. The molecule has 2 rings (SSSR count). The van der Waals surface area contributed by atoms with Gasteiger partial charge in [0.15, 0.2) is 5.82 Å². The van der Waals surface area contributed by atoms with Crippen LogP contribution in [0.3, 0.4) is 0 Å². The molecule has 1 N–H and O–H groups in total. The first-order valence-corrected chi connectivity index (χ1v) is 5.74. The van der Waals surface area contributed by atoms with E-state index < -0.39 is 0 Å². The van der Waals surface area contributed by atoms with Crippen molar-refractivity contribution in [2.45, 2.75) is 19.5 Å². The van der Waals surface area contributed by atoms with E-state index in [4.69, 9.17) is 11.6 Å². The predicted molar refractivity (Wildman–Crippen MR) is 65.5 cm³/mol. The van der Waals surface area contributed by atoms with E-state index in [2.05, 4.69) is 27.7 Å². The van der Waals surface area contributed by atoms with E-state index in [0.717, 1.165) is 5.02 Å². The van der Waals surface area contributed by atoms with Crippen LogP contribution in [-0.4, -0.2) is 20.2 Å². The number of aryl methyl sites for hydroxylation is 1. The molecule has 0 saturated carbocycles. The Balaban J connectivity index is 1.93. The van der Waals surface area contributed by atoms with Crippen molar-refractivity contribution in [2.24, 2.45) is 7.05 Å². The Labute approximate surface area is 105 Å². The summed E-state index contributed by atoms with van der Waals surface area (Å²) in [5.74, 6) is 0.688. The topological polar surface area (TPSA) is 55.6 Å². The number of nitrogens with one attached hydrogen (secondary N) is 1. The summed E-state index contributed by atoms with van der Waals surface area (Å²) in [5.41, 5.74) is 1.18. The number of aromatic nitrogens is 4. The van der Waals surface area contributed by atoms with E-state index >= 15 is 0 Å². The molecule has 0 saturated heterocycles. The molecule has 0 spiro atoms. The van der Waals surface area contributed by atoms with Gasteiger partial charge in [-0.15, -0.1) is 10.2 Å². The van der Waals surface area contributed by atoms with Crippen molar-refractivity contribution in [3.05, 3.63) is 40.7 Å². The van der Waals surface area contributed by atoms with Crippen molar-refractivity contribution in [1.29, 1.82) is 0 Å². The third-order valence-electron chi connectivity index (χ3n) is 2.49. The molecular formula is C11H14ClN5. The van der Waals surface area contributed by atoms with Gasteiger partial charge in [-0.3, -0.25) is 0 Å². The Hall–Kier alpha value is -1.46. The van der Waals surface area contributed by atoms with Gasteiger partial charge in [0.2, 0.25) is 0 Å². The van der Waals surface area contributed by atoms with Crippen LogP contribution in [0.5, 0.6) is 0 Å². The van der Waals surface area contributed by atoms with Gasteiger partial charge < -0.3 is 5.32 Å². The molecule has 0 amide bonds. The standard InChI is InChI=1S/C11H14ClN5/c1-8(9-3-5-10(12)6-4-9)13-7-11-14-16-17(2)15-11/h3-6,8,13H,7H2,1-2H3/t8-/m0/s1. The maximum atomic E-state index is 5.84. The maximum absolute atomic E-state index is 5.84. The summed E-state index contributed by atoms with van der Waals surface area (Å²) in [6.45, 7) is 2.68. The molecule has 1 aromatic heterocycles. The fourth-order valence-electron chi connectivity index (χ4n) is 1.51. The minimum atomic E-state index is 0.219. The molecule has 0 fully saturated rings. The first-order chi connectivity index (χ1) is 8.15. The van der Waals surface area contributed by atoms with Gasteiger partial charge in [0, 0.05) is 11.1 Å². The molecule has 1 aromatic carbocycles. The summed E-state index contributed by atoms with van der Waals surface area (Å²) in [6.07, 6.45) is 0. The van der Waals surface area contributed by atoms with Crippen LogP contribution in [0.2, 0.25) is 5.02 Å². The highest BCUT2D eigenvalue weighted by atomic mass is 35.5. The van der Waals surface area contributed by atoms with Gasteiger partial charge in [-0.1, -0.05) is 23.7 Å². The highest BCUT2D eigenvalue weighted by Gasteiger charge is 2.06. The Morgan fingerprint density at radius 3 is 2.65 bits per heavy atom. The van der Waals surface area contributed by atoms with E-state index in [1.165, 1.54) is 10.4 Å². The van der Waals surface area contributed by atoms with Crippen LogP contribution < -0.4 is 5.32 Å².